The molecule has 2 aromatic carbocycles. The maximum atomic E-state index is 12.5. The van der Waals surface area contributed by atoms with E-state index in [1.54, 1.807) is 13.0 Å². The molecule has 0 bridgehead atoms. The summed E-state index contributed by atoms with van der Waals surface area (Å²) in [6.07, 6.45) is 0. The van der Waals surface area contributed by atoms with Crippen LogP contribution in [0, 0.1) is 10.1 Å². The fraction of sp³-hybridized carbons (Fsp3) is 0.158. The van der Waals surface area contributed by atoms with Crippen molar-refractivity contribution in [1.29, 1.82) is 0 Å². The van der Waals surface area contributed by atoms with Crippen molar-refractivity contribution < 1.29 is 14.5 Å². The predicted octanol–water partition coefficient (Wildman–Crippen LogP) is 4.85. The number of anilines is 1. The third-order valence-corrected chi connectivity index (χ3v) is 5.93. The van der Waals surface area contributed by atoms with E-state index in [1.807, 2.05) is 35.7 Å². The topological polar surface area (TPSA) is 94.4 Å². The number of rotatable bonds is 7. The van der Waals surface area contributed by atoms with E-state index in [4.69, 9.17) is 4.74 Å². The van der Waals surface area contributed by atoms with Gasteiger partial charge in [-0.15, -0.1) is 11.3 Å². The first kappa shape index (κ1) is 19.8. The molecular formula is C19H17N3O4S2. The minimum atomic E-state index is -0.553. The molecule has 0 unspecified atom stereocenters. The van der Waals surface area contributed by atoms with E-state index in [-0.39, 0.29) is 17.3 Å². The highest BCUT2D eigenvalue weighted by molar-refractivity contribution is 8.02. The number of ether oxygens (including phenoxy) is 1. The summed E-state index contributed by atoms with van der Waals surface area (Å²) in [6, 6.07) is 14.1. The number of benzene rings is 2. The quantitative estimate of drug-likeness (QED) is 0.337. The molecule has 9 heteroatoms. The van der Waals surface area contributed by atoms with Crippen LogP contribution in [0.1, 0.15) is 6.92 Å². The van der Waals surface area contributed by atoms with Crippen LogP contribution in [0.15, 0.2) is 58.3 Å². The average molecular weight is 415 g/mol. The lowest BCUT2D eigenvalue weighted by Gasteiger charge is -2.11. The molecule has 1 N–H and O–H groups in total. The Morgan fingerprint density at radius 3 is 2.71 bits per heavy atom. The lowest BCUT2D eigenvalue weighted by atomic mass is 10.2. The summed E-state index contributed by atoms with van der Waals surface area (Å²) in [4.78, 5) is 27.8. The van der Waals surface area contributed by atoms with Crippen LogP contribution in [0.4, 0.5) is 11.4 Å². The third kappa shape index (κ3) is 4.68. The highest BCUT2D eigenvalue weighted by Crippen LogP contribution is 2.33. The van der Waals surface area contributed by atoms with Crippen LogP contribution in [-0.2, 0) is 4.79 Å². The number of thioether (sulfide) groups is 1. The number of hydrogen-bond donors (Lipinski definition) is 1. The normalized spacial score (nSPS) is 11.6. The van der Waals surface area contributed by atoms with E-state index in [1.165, 1.54) is 42.3 Å². The molecule has 1 amide bonds. The molecule has 0 fully saturated rings. The Hall–Kier alpha value is -2.91. The van der Waals surface area contributed by atoms with Gasteiger partial charge in [0.25, 0.3) is 5.69 Å². The largest absolute Gasteiger partial charge is 0.496 e. The van der Waals surface area contributed by atoms with Gasteiger partial charge in [0.2, 0.25) is 5.91 Å². The number of carbonyl (C=O) groups excluding carboxylic acids is 1. The Bertz CT molecular complexity index is 992. The van der Waals surface area contributed by atoms with E-state index in [0.717, 1.165) is 15.6 Å². The van der Waals surface area contributed by atoms with E-state index in [9.17, 15) is 14.9 Å². The zero-order valence-electron chi connectivity index (χ0n) is 15.1. The summed E-state index contributed by atoms with van der Waals surface area (Å²) in [6.45, 7) is 1.74. The second-order valence-corrected chi connectivity index (χ2v) is 8.20. The van der Waals surface area contributed by atoms with Crippen molar-refractivity contribution >= 4 is 40.4 Å². The SMILES string of the molecule is COc1ccc(NC(=O)[C@@H](C)Sc2nc(-c3ccccc3)cs2)c([N+](=O)[O-])c1. The summed E-state index contributed by atoms with van der Waals surface area (Å²) in [7, 11) is 1.42. The molecule has 3 aromatic rings. The molecule has 3 rings (SSSR count). The van der Waals surface area contributed by atoms with Gasteiger partial charge < -0.3 is 10.1 Å². The Balaban J connectivity index is 1.69. The molecular weight excluding hydrogens is 398 g/mol. The van der Waals surface area contributed by atoms with Crippen molar-refractivity contribution in [3.8, 4) is 17.0 Å². The fourth-order valence-electron chi connectivity index (χ4n) is 2.39. The summed E-state index contributed by atoms with van der Waals surface area (Å²) < 4.78 is 5.76. The molecule has 0 radical (unpaired) electrons. The van der Waals surface area contributed by atoms with Gasteiger partial charge in [0, 0.05) is 10.9 Å². The van der Waals surface area contributed by atoms with Gasteiger partial charge in [0.05, 0.1) is 29.0 Å². The zero-order valence-corrected chi connectivity index (χ0v) is 16.8. The second kappa shape index (κ2) is 8.85. The molecule has 0 aliphatic carbocycles. The number of nitro groups is 1. The Kier molecular flexibility index (Phi) is 6.27. The summed E-state index contributed by atoms with van der Waals surface area (Å²) in [5.41, 5.74) is 1.78. The summed E-state index contributed by atoms with van der Waals surface area (Å²) >= 11 is 2.77. The van der Waals surface area contributed by atoms with Crippen LogP contribution < -0.4 is 10.1 Å². The van der Waals surface area contributed by atoms with Gasteiger partial charge >= 0.3 is 0 Å². The standard InChI is InChI=1S/C19H17N3O4S2/c1-12(28-19-21-16(11-27-19)13-6-4-3-5-7-13)18(23)20-15-9-8-14(26-2)10-17(15)22(24)25/h3-12H,1-2H3,(H,20,23)/t12-/m1/s1. The monoisotopic (exact) mass is 415 g/mol. The van der Waals surface area contributed by atoms with Gasteiger partial charge in [0.1, 0.15) is 11.4 Å². The number of nitrogens with zero attached hydrogens (tertiary/aromatic N) is 2. The molecule has 0 saturated heterocycles. The second-order valence-electron chi connectivity index (χ2n) is 5.75. The predicted molar refractivity (Wildman–Crippen MR) is 111 cm³/mol. The van der Waals surface area contributed by atoms with Gasteiger partial charge in [-0.1, -0.05) is 42.1 Å². The number of thiazole rings is 1. The number of hydrogen-bond acceptors (Lipinski definition) is 7. The smallest absolute Gasteiger partial charge is 0.296 e. The van der Waals surface area contributed by atoms with Crippen molar-refractivity contribution in [2.75, 3.05) is 12.4 Å². The van der Waals surface area contributed by atoms with Crippen molar-refractivity contribution in [3.63, 3.8) is 0 Å². The van der Waals surface area contributed by atoms with Crippen molar-refractivity contribution in [2.45, 2.75) is 16.5 Å². The third-order valence-electron chi connectivity index (χ3n) is 3.86. The molecule has 7 nitrogen and oxygen atoms in total. The Morgan fingerprint density at radius 1 is 1.29 bits per heavy atom. The maximum Gasteiger partial charge on any atom is 0.296 e. The lowest BCUT2D eigenvalue weighted by Crippen LogP contribution is -2.22. The molecule has 0 saturated carbocycles. The minimum absolute atomic E-state index is 0.132. The van der Waals surface area contributed by atoms with Crippen LogP contribution >= 0.6 is 23.1 Å². The lowest BCUT2D eigenvalue weighted by molar-refractivity contribution is -0.384. The van der Waals surface area contributed by atoms with E-state index in [0.29, 0.717) is 5.75 Å². The van der Waals surface area contributed by atoms with Crippen LogP contribution in [0.5, 0.6) is 5.75 Å². The molecule has 0 aliphatic heterocycles. The van der Waals surface area contributed by atoms with E-state index < -0.39 is 10.2 Å². The maximum absolute atomic E-state index is 12.5. The van der Waals surface area contributed by atoms with Crippen LogP contribution in [0.25, 0.3) is 11.3 Å². The summed E-state index contributed by atoms with van der Waals surface area (Å²) in [5, 5.41) is 15.3. The van der Waals surface area contributed by atoms with Gasteiger partial charge in [-0.05, 0) is 19.1 Å². The first-order valence-electron chi connectivity index (χ1n) is 8.29. The molecule has 144 valence electrons. The minimum Gasteiger partial charge on any atom is -0.496 e. The van der Waals surface area contributed by atoms with Crippen LogP contribution in [-0.4, -0.2) is 28.2 Å². The molecule has 28 heavy (non-hydrogen) atoms. The van der Waals surface area contributed by atoms with Gasteiger partial charge in [-0.3, -0.25) is 14.9 Å². The molecule has 0 spiro atoms. The number of carbonyl (C=O) groups is 1. The van der Waals surface area contributed by atoms with E-state index in [2.05, 4.69) is 10.3 Å². The van der Waals surface area contributed by atoms with E-state index >= 15 is 0 Å². The molecule has 1 aromatic heterocycles. The van der Waals surface area contributed by atoms with Crippen molar-refractivity contribution in [3.05, 3.63) is 64.0 Å². The number of methoxy groups -OCH3 is 1. The first-order chi connectivity index (χ1) is 13.5. The number of nitro benzene ring substituents is 1. The number of amides is 1. The fourth-order valence-corrected chi connectivity index (χ4v) is 4.36. The van der Waals surface area contributed by atoms with Crippen molar-refractivity contribution in [1.82, 2.24) is 4.98 Å². The molecule has 0 aliphatic rings. The molecule has 1 atom stereocenters. The highest BCUT2D eigenvalue weighted by Gasteiger charge is 2.22. The Morgan fingerprint density at radius 2 is 2.04 bits per heavy atom. The van der Waals surface area contributed by atoms with Gasteiger partial charge in [-0.2, -0.15) is 0 Å². The van der Waals surface area contributed by atoms with Gasteiger partial charge in [0.15, 0.2) is 4.34 Å². The van der Waals surface area contributed by atoms with Crippen molar-refractivity contribution in [2.24, 2.45) is 0 Å². The number of nitrogens with one attached hydrogen (secondary N) is 1. The van der Waals surface area contributed by atoms with Crippen LogP contribution in [0.3, 0.4) is 0 Å². The van der Waals surface area contributed by atoms with Crippen LogP contribution in [0.2, 0.25) is 0 Å². The Labute approximate surface area is 169 Å². The van der Waals surface area contributed by atoms with Gasteiger partial charge in [-0.25, -0.2) is 4.98 Å². The number of aromatic nitrogens is 1. The molecule has 1 heterocycles. The average Bonchev–Trinajstić information content (AvgIpc) is 3.17. The summed E-state index contributed by atoms with van der Waals surface area (Å²) in [5.74, 6) is 0.0121. The zero-order chi connectivity index (χ0) is 20.1. The highest BCUT2D eigenvalue weighted by atomic mass is 32.2. The first-order valence-corrected chi connectivity index (χ1v) is 10.0.